The summed E-state index contributed by atoms with van der Waals surface area (Å²) in [5, 5.41) is 0. The molecule has 1 amide bonds. The summed E-state index contributed by atoms with van der Waals surface area (Å²) >= 11 is 0. The number of carbonyl (C=O) groups is 1. The third kappa shape index (κ3) is 4.38. The van der Waals surface area contributed by atoms with Gasteiger partial charge in [-0.3, -0.25) is 4.79 Å². The van der Waals surface area contributed by atoms with E-state index >= 15 is 0 Å². The number of rotatable bonds is 6. The molecule has 0 aliphatic heterocycles. The van der Waals surface area contributed by atoms with Gasteiger partial charge in [0.2, 0.25) is 5.91 Å². The van der Waals surface area contributed by atoms with Gasteiger partial charge in [0, 0.05) is 24.8 Å². The van der Waals surface area contributed by atoms with Gasteiger partial charge in [-0.25, -0.2) is 0 Å². The molecule has 0 heterocycles. The molecule has 0 aromatic heterocycles. The zero-order chi connectivity index (χ0) is 17.6. The van der Waals surface area contributed by atoms with Gasteiger partial charge in [-0.2, -0.15) is 0 Å². The smallest absolute Gasteiger partial charge is 0.248 e. The molecule has 4 heteroatoms. The molecule has 0 saturated heterocycles. The number of nitrogens with zero attached hydrogens (tertiary/aromatic N) is 1. The van der Waals surface area contributed by atoms with Crippen LogP contribution in [0.5, 0.6) is 11.5 Å². The molecule has 0 spiro atoms. The summed E-state index contributed by atoms with van der Waals surface area (Å²) in [6.07, 6.45) is 0. The number of anilines is 1. The van der Waals surface area contributed by atoms with Crippen molar-refractivity contribution in [2.24, 2.45) is 5.73 Å². The zero-order valence-corrected chi connectivity index (χ0v) is 14.1. The van der Waals surface area contributed by atoms with Gasteiger partial charge >= 0.3 is 0 Å². The predicted octanol–water partition coefficient (Wildman–Crippen LogP) is 4.21. The first kappa shape index (κ1) is 16.6. The third-order valence-corrected chi connectivity index (χ3v) is 3.91. The molecule has 0 bridgehead atoms. The van der Waals surface area contributed by atoms with Crippen molar-refractivity contribution in [2.45, 2.75) is 6.54 Å². The lowest BCUT2D eigenvalue weighted by atomic mass is 10.1. The van der Waals surface area contributed by atoms with Gasteiger partial charge in [-0.1, -0.05) is 30.3 Å². The maximum Gasteiger partial charge on any atom is 0.248 e. The third-order valence-electron chi connectivity index (χ3n) is 3.91. The highest BCUT2D eigenvalue weighted by atomic mass is 16.5. The SMILES string of the molecule is CN(Cc1ccc(C(N)=O)cc1)c1ccc(Oc2ccccc2)cc1. The second-order valence-corrected chi connectivity index (χ2v) is 5.83. The first-order valence-electron chi connectivity index (χ1n) is 8.05. The Labute approximate surface area is 147 Å². The zero-order valence-electron chi connectivity index (χ0n) is 14.1. The van der Waals surface area contributed by atoms with Crippen molar-refractivity contribution in [3.05, 3.63) is 90.0 Å². The van der Waals surface area contributed by atoms with Crippen LogP contribution in [-0.4, -0.2) is 13.0 Å². The number of benzene rings is 3. The Morgan fingerprint density at radius 3 is 2.08 bits per heavy atom. The highest BCUT2D eigenvalue weighted by Crippen LogP contribution is 2.24. The number of amides is 1. The monoisotopic (exact) mass is 332 g/mol. The molecule has 4 nitrogen and oxygen atoms in total. The lowest BCUT2D eigenvalue weighted by Crippen LogP contribution is -2.16. The van der Waals surface area contributed by atoms with Gasteiger partial charge in [0.1, 0.15) is 11.5 Å². The maximum atomic E-state index is 11.1. The molecule has 0 unspecified atom stereocenters. The molecule has 25 heavy (non-hydrogen) atoms. The second kappa shape index (κ2) is 7.53. The minimum absolute atomic E-state index is 0.408. The van der Waals surface area contributed by atoms with E-state index in [4.69, 9.17) is 10.5 Å². The van der Waals surface area contributed by atoms with Crippen LogP contribution in [0.25, 0.3) is 0 Å². The molecule has 0 fully saturated rings. The Kier molecular flexibility index (Phi) is 5.00. The van der Waals surface area contributed by atoms with Crippen LogP contribution in [-0.2, 0) is 6.54 Å². The number of nitrogens with two attached hydrogens (primary N) is 1. The van der Waals surface area contributed by atoms with Crippen molar-refractivity contribution in [3.63, 3.8) is 0 Å². The molecule has 0 aliphatic rings. The van der Waals surface area contributed by atoms with Crippen LogP contribution in [0.4, 0.5) is 5.69 Å². The van der Waals surface area contributed by atoms with Crippen LogP contribution in [0.3, 0.4) is 0 Å². The molecule has 126 valence electrons. The summed E-state index contributed by atoms with van der Waals surface area (Å²) in [5.41, 5.74) is 7.98. The first-order valence-corrected chi connectivity index (χ1v) is 8.05. The predicted molar refractivity (Wildman–Crippen MR) is 100 cm³/mol. The first-order chi connectivity index (χ1) is 12.1. The van der Waals surface area contributed by atoms with Crippen LogP contribution < -0.4 is 15.4 Å². The molecule has 3 aromatic carbocycles. The summed E-state index contributed by atoms with van der Waals surface area (Å²) in [4.78, 5) is 13.2. The van der Waals surface area contributed by atoms with Crippen LogP contribution in [0, 0.1) is 0 Å². The fourth-order valence-corrected chi connectivity index (χ4v) is 2.53. The second-order valence-electron chi connectivity index (χ2n) is 5.83. The maximum absolute atomic E-state index is 11.1. The van der Waals surface area contributed by atoms with Crippen molar-refractivity contribution in [2.75, 3.05) is 11.9 Å². The van der Waals surface area contributed by atoms with Crippen molar-refractivity contribution < 1.29 is 9.53 Å². The van der Waals surface area contributed by atoms with E-state index in [9.17, 15) is 4.79 Å². The van der Waals surface area contributed by atoms with E-state index < -0.39 is 5.91 Å². The topological polar surface area (TPSA) is 55.6 Å². The normalized spacial score (nSPS) is 10.3. The summed E-state index contributed by atoms with van der Waals surface area (Å²) in [6.45, 7) is 0.734. The number of hydrogen-bond donors (Lipinski definition) is 1. The Hall–Kier alpha value is -3.27. The molecule has 2 N–H and O–H groups in total. The van der Waals surface area contributed by atoms with E-state index in [1.807, 2.05) is 73.8 Å². The fraction of sp³-hybridized carbons (Fsp3) is 0.0952. The molecular formula is C21H20N2O2. The van der Waals surface area contributed by atoms with E-state index in [0.29, 0.717) is 5.56 Å². The highest BCUT2D eigenvalue weighted by molar-refractivity contribution is 5.92. The van der Waals surface area contributed by atoms with Crippen molar-refractivity contribution in [1.82, 2.24) is 0 Å². The minimum atomic E-state index is -0.408. The van der Waals surface area contributed by atoms with Gasteiger partial charge in [-0.05, 0) is 54.1 Å². The van der Waals surface area contributed by atoms with Crippen molar-refractivity contribution in [3.8, 4) is 11.5 Å². The molecular weight excluding hydrogens is 312 g/mol. The fourth-order valence-electron chi connectivity index (χ4n) is 2.53. The Morgan fingerprint density at radius 1 is 0.880 bits per heavy atom. The molecule has 3 aromatic rings. The summed E-state index contributed by atoms with van der Waals surface area (Å²) in [6, 6.07) is 25.0. The lowest BCUT2D eigenvalue weighted by Gasteiger charge is -2.20. The average Bonchev–Trinajstić information content (AvgIpc) is 2.63. The average molecular weight is 332 g/mol. The Bertz CT molecular complexity index is 828. The Morgan fingerprint density at radius 2 is 1.48 bits per heavy atom. The van der Waals surface area contributed by atoms with E-state index in [-0.39, 0.29) is 0 Å². The van der Waals surface area contributed by atoms with Gasteiger partial charge in [0.25, 0.3) is 0 Å². The highest BCUT2D eigenvalue weighted by Gasteiger charge is 2.05. The minimum Gasteiger partial charge on any atom is -0.457 e. The largest absolute Gasteiger partial charge is 0.457 e. The number of carbonyl (C=O) groups excluding carboxylic acids is 1. The van der Waals surface area contributed by atoms with Crippen molar-refractivity contribution >= 4 is 11.6 Å². The van der Waals surface area contributed by atoms with Crippen LogP contribution >= 0.6 is 0 Å². The van der Waals surface area contributed by atoms with E-state index in [1.165, 1.54) is 0 Å². The van der Waals surface area contributed by atoms with E-state index in [2.05, 4.69) is 4.90 Å². The molecule has 0 aliphatic carbocycles. The van der Waals surface area contributed by atoms with Crippen LogP contribution in [0.1, 0.15) is 15.9 Å². The van der Waals surface area contributed by atoms with Crippen LogP contribution in [0.15, 0.2) is 78.9 Å². The van der Waals surface area contributed by atoms with Gasteiger partial charge in [0.05, 0.1) is 0 Å². The van der Waals surface area contributed by atoms with Crippen LogP contribution in [0.2, 0.25) is 0 Å². The number of para-hydroxylation sites is 1. The summed E-state index contributed by atoms with van der Waals surface area (Å²) < 4.78 is 5.80. The van der Waals surface area contributed by atoms with E-state index in [1.54, 1.807) is 12.1 Å². The van der Waals surface area contributed by atoms with Gasteiger partial charge < -0.3 is 15.4 Å². The quantitative estimate of drug-likeness (QED) is 0.735. The number of ether oxygens (including phenoxy) is 1. The van der Waals surface area contributed by atoms with Crippen molar-refractivity contribution in [1.29, 1.82) is 0 Å². The molecule has 3 rings (SSSR count). The number of primary amides is 1. The lowest BCUT2D eigenvalue weighted by molar-refractivity contribution is 0.100. The molecule has 0 atom stereocenters. The summed E-state index contributed by atoms with van der Waals surface area (Å²) in [7, 11) is 2.02. The molecule has 0 radical (unpaired) electrons. The molecule has 0 saturated carbocycles. The Balaban J connectivity index is 1.64. The van der Waals surface area contributed by atoms with Gasteiger partial charge in [0.15, 0.2) is 0 Å². The number of hydrogen-bond acceptors (Lipinski definition) is 3. The standard InChI is InChI=1S/C21H20N2O2/c1-23(15-16-7-9-17(10-8-16)21(22)24)18-11-13-20(14-12-18)25-19-5-3-2-4-6-19/h2-14H,15H2,1H3,(H2,22,24). The van der Waals surface area contributed by atoms with Gasteiger partial charge in [-0.15, -0.1) is 0 Å². The summed E-state index contributed by atoms with van der Waals surface area (Å²) in [5.74, 6) is 1.21. The van der Waals surface area contributed by atoms with E-state index in [0.717, 1.165) is 29.3 Å².